The zero-order valence-corrected chi connectivity index (χ0v) is 8.81. The van der Waals surface area contributed by atoms with Crippen molar-refractivity contribution in [1.29, 1.82) is 0 Å². The number of ether oxygens (including phenoxy) is 2. The molecule has 16 heavy (non-hydrogen) atoms. The van der Waals surface area contributed by atoms with E-state index in [-0.39, 0.29) is 16.8 Å². The largest absolute Gasteiger partial charge is 0.465 e. The van der Waals surface area contributed by atoms with E-state index in [1.165, 1.54) is 32.4 Å². The molecular weight excluding hydrogens is 210 g/mol. The molecule has 82 valence electrons. The fourth-order valence-electron chi connectivity index (χ4n) is 1.17. The number of hydrogen-bond donors (Lipinski definition) is 0. The fraction of sp³-hybridized carbons (Fsp3) is 0.182. The van der Waals surface area contributed by atoms with Gasteiger partial charge in [0.25, 0.3) is 0 Å². The van der Waals surface area contributed by atoms with E-state index in [1.807, 2.05) is 0 Å². The number of hydrogen-bond acceptors (Lipinski definition) is 4. The van der Waals surface area contributed by atoms with Crippen molar-refractivity contribution >= 4 is 17.6 Å². The topological polar surface area (TPSA) is 57.0 Å². The minimum Gasteiger partial charge on any atom is -0.465 e. The molecule has 1 rings (SSSR count). The third-order valence-corrected chi connectivity index (χ3v) is 1.94. The lowest BCUT2D eigenvalue weighted by molar-refractivity contribution is 0.0555. The van der Waals surface area contributed by atoms with E-state index in [9.17, 15) is 9.59 Å². The molecule has 0 atom stereocenters. The van der Waals surface area contributed by atoms with Gasteiger partial charge in [-0.1, -0.05) is 12.1 Å². The van der Waals surface area contributed by atoms with Crippen molar-refractivity contribution in [3.05, 3.63) is 40.7 Å². The molecule has 0 aromatic heterocycles. The van der Waals surface area contributed by atoms with Crippen LogP contribution < -0.4 is 0 Å². The molecule has 0 radical (unpaired) electrons. The van der Waals surface area contributed by atoms with Gasteiger partial charge in [-0.2, -0.15) is 0 Å². The highest BCUT2D eigenvalue weighted by Crippen LogP contribution is 2.20. The Morgan fingerprint density at radius 2 is 1.69 bits per heavy atom. The van der Waals surface area contributed by atoms with Gasteiger partial charge in [0.1, 0.15) is 0 Å². The van der Waals surface area contributed by atoms with Gasteiger partial charge in [-0.05, 0) is 6.07 Å². The van der Waals surface area contributed by atoms with Crippen LogP contribution in [0.5, 0.6) is 0 Å². The molecular formula is C11H9NO4. The molecule has 1 aromatic rings. The van der Waals surface area contributed by atoms with Gasteiger partial charge in [-0.15, -0.1) is 0 Å². The number of nitrogens with zero attached hydrogens (tertiary/aromatic N) is 1. The van der Waals surface area contributed by atoms with Gasteiger partial charge in [-0.25, -0.2) is 14.4 Å². The molecule has 0 unspecified atom stereocenters. The Morgan fingerprint density at radius 1 is 1.12 bits per heavy atom. The zero-order chi connectivity index (χ0) is 12.1. The Balaban J connectivity index is 3.34. The highest BCUT2D eigenvalue weighted by atomic mass is 16.5. The van der Waals surface area contributed by atoms with Crippen molar-refractivity contribution in [3.8, 4) is 0 Å². The quantitative estimate of drug-likeness (QED) is 0.562. The normalized spacial score (nSPS) is 9.06. The van der Waals surface area contributed by atoms with E-state index in [0.717, 1.165) is 0 Å². The van der Waals surface area contributed by atoms with Gasteiger partial charge in [0.05, 0.1) is 31.9 Å². The van der Waals surface area contributed by atoms with E-state index in [0.29, 0.717) is 0 Å². The van der Waals surface area contributed by atoms with Gasteiger partial charge >= 0.3 is 11.9 Å². The van der Waals surface area contributed by atoms with Crippen LogP contribution in [0.2, 0.25) is 0 Å². The lowest BCUT2D eigenvalue weighted by atomic mass is 10.1. The van der Waals surface area contributed by atoms with Crippen molar-refractivity contribution in [2.24, 2.45) is 0 Å². The van der Waals surface area contributed by atoms with Crippen LogP contribution in [0.1, 0.15) is 20.7 Å². The summed E-state index contributed by atoms with van der Waals surface area (Å²) in [7, 11) is 2.42. The summed E-state index contributed by atoms with van der Waals surface area (Å²) >= 11 is 0. The monoisotopic (exact) mass is 219 g/mol. The van der Waals surface area contributed by atoms with E-state index >= 15 is 0 Å². The SMILES string of the molecule is [C-]#[N+]c1ccc(C(=O)OC)c(C(=O)OC)c1. The van der Waals surface area contributed by atoms with Crippen LogP contribution in [0.25, 0.3) is 4.85 Å². The highest BCUT2D eigenvalue weighted by Gasteiger charge is 2.18. The lowest BCUT2D eigenvalue weighted by Gasteiger charge is -2.06. The number of carbonyl (C=O) groups excluding carboxylic acids is 2. The van der Waals surface area contributed by atoms with Crippen LogP contribution in [0.3, 0.4) is 0 Å². The second kappa shape index (κ2) is 4.94. The molecule has 5 heteroatoms. The van der Waals surface area contributed by atoms with Gasteiger partial charge in [0.2, 0.25) is 0 Å². The van der Waals surface area contributed by atoms with Crippen molar-refractivity contribution in [2.75, 3.05) is 14.2 Å². The first-order valence-corrected chi connectivity index (χ1v) is 4.32. The summed E-state index contributed by atoms with van der Waals surface area (Å²) in [5.41, 5.74) is 0.373. The van der Waals surface area contributed by atoms with Crippen molar-refractivity contribution in [2.45, 2.75) is 0 Å². The zero-order valence-electron chi connectivity index (χ0n) is 8.81. The van der Waals surface area contributed by atoms with Crippen LogP contribution >= 0.6 is 0 Å². The van der Waals surface area contributed by atoms with Crippen LogP contribution in [0.4, 0.5) is 5.69 Å². The fourth-order valence-corrected chi connectivity index (χ4v) is 1.17. The average molecular weight is 219 g/mol. The molecule has 0 N–H and O–H groups in total. The second-order valence-electron chi connectivity index (χ2n) is 2.82. The molecule has 0 aliphatic rings. The molecule has 5 nitrogen and oxygen atoms in total. The first-order valence-electron chi connectivity index (χ1n) is 4.32. The van der Waals surface area contributed by atoms with Gasteiger partial charge in [0, 0.05) is 0 Å². The molecule has 0 spiro atoms. The maximum absolute atomic E-state index is 11.4. The Labute approximate surface area is 92.4 Å². The van der Waals surface area contributed by atoms with E-state index in [1.54, 1.807) is 0 Å². The number of carbonyl (C=O) groups is 2. The predicted octanol–water partition coefficient (Wildman–Crippen LogP) is 1.81. The van der Waals surface area contributed by atoms with Crippen LogP contribution in [0, 0.1) is 6.57 Å². The summed E-state index contributed by atoms with van der Waals surface area (Å²) in [6.45, 7) is 6.82. The molecule has 0 fully saturated rings. The number of rotatable bonds is 2. The summed E-state index contributed by atoms with van der Waals surface area (Å²) in [5, 5.41) is 0. The lowest BCUT2D eigenvalue weighted by Crippen LogP contribution is -2.11. The predicted molar refractivity (Wildman–Crippen MR) is 55.4 cm³/mol. The van der Waals surface area contributed by atoms with Gasteiger partial charge in [-0.3, -0.25) is 0 Å². The maximum Gasteiger partial charge on any atom is 0.338 e. The van der Waals surface area contributed by atoms with Gasteiger partial charge in [0.15, 0.2) is 5.69 Å². The average Bonchev–Trinajstić information content (AvgIpc) is 2.36. The van der Waals surface area contributed by atoms with Crippen LogP contribution in [-0.4, -0.2) is 26.2 Å². The minimum absolute atomic E-state index is 0.0304. The summed E-state index contributed by atoms with van der Waals surface area (Å²) in [5.74, 6) is -1.32. The first kappa shape index (κ1) is 11.7. The maximum atomic E-state index is 11.4. The van der Waals surface area contributed by atoms with Crippen molar-refractivity contribution in [3.63, 3.8) is 0 Å². The van der Waals surface area contributed by atoms with Crippen molar-refractivity contribution < 1.29 is 19.1 Å². The summed E-state index contributed by atoms with van der Waals surface area (Å²) in [4.78, 5) is 25.9. The Hall–Kier alpha value is -2.35. The standard InChI is InChI=1S/C11H9NO4/c1-12-7-4-5-8(10(13)15-2)9(6-7)11(14)16-3/h4-6H,2-3H3. The smallest absolute Gasteiger partial charge is 0.338 e. The Kier molecular flexibility index (Phi) is 3.62. The third-order valence-electron chi connectivity index (χ3n) is 1.94. The summed E-state index contributed by atoms with van der Waals surface area (Å²) < 4.78 is 9.04. The van der Waals surface area contributed by atoms with Crippen LogP contribution in [-0.2, 0) is 9.47 Å². The third kappa shape index (κ3) is 2.17. The summed E-state index contributed by atoms with van der Waals surface area (Å²) in [6.07, 6.45) is 0. The minimum atomic E-state index is -0.675. The van der Waals surface area contributed by atoms with E-state index < -0.39 is 11.9 Å². The van der Waals surface area contributed by atoms with Gasteiger partial charge < -0.3 is 9.47 Å². The Bertz CT molecular complexity index is 473. The number of benzene rings is 1. The molecule has 0 heterocycles. The second-order valence-corrected chi connectivity index (χ2v) is 2.82. The molecule has 0 amide bonds. The van der Waals surface area contributed by atoms with Crippen LogP contribution in [0.15, 0.2) is 18.2 Å². The molecule has 1 aromatic carbocycles. The van der Waals surface area contributed by atoms with E-state index in [4.69, 9.17) is 6.57 Å². The molecule has 0 aliphatic heterocycles. The first-order chi connectivity index (χ1) is 7.63. The molecule has 0 saturated heterocycles. The molecule has 0 bridgehead atoms. The van der Waals surface area contributed by atoms with Crippen molar-refractivity contribution in [1.82, 2.24) is 0 Å². The molecule has 0 saturated carbocycles. The van der Waals surface area contributed by atoms with E-state index in [2.05, 4.69) is 14.3 Å². The summed E-state index contributed by atoms with van der Waals surface area (Å²) in [6, 6.07) is 4.10. The molecule has 0 aliphatic carbocycles. The number of esters is 2. The Morgan fingerprint density at radius 3 is 2.19 bits per heavy atom. The number of methoxy groups -OCH3 is 2. The highest BCUT2D eigenvalue weighted by molar-refractivity contribution is 6.03.